The number of hydrogen-bond donors (Lipinski definition) is 1. The normalized spacial score (nSPS) is 11.0. The van der Waals surface area contributed by atoms with Crippen LogP contribution in [0, 0.1) is 11.6 Å². The summed E-state index contributed by atoms with van der Waals surface area (Å²) in [5, 5.41) is 0. The summed E-state index contributed by atoms with van der Waals surface area (Å²) >= 11 is 2.79. The molecule has 1 rings (SSSR count). The van der Waals surface area contributed by atoms with Gasteiger partial charge in [-0.15, -0.1) is 12.4 Å². The van der Waals surface area contributed by atoms with E-state index in [1.165, 1.54) is 12.1 Å². The molecule has 5 heteroatoms. The minimum absolute atomic E-state index is 0. The van der Waals surface area contributed by atoms with Crippen LogP contribution in [-0.2, 0) is 5.54 Å². The van der Waals surface area contributed by atoms with Gasteiger partial charge in [0.15, 0.2) is 0 Å². The Hall–Kier alpha value is -0.190. The highest BCUT2D eigenvalue weighted by Crippen LogP contribution is 2.25. The summed E-state index contributed by atoms with van der Waals surface area (Å²) in [5.74, 6) is -1.26. The van der Waals surface area contributed by atoms with Gasteiger partial charge in [-0.2, -0.15) is 0 Å². The molecule has 80 valence electrons. The fraction of sp³-hybridized carbons (Fsp3) is 0.333. The summed E-state index contributed by atoms with van der Waals surface area (Å²) in [6, 6.07) is 2.46. The van der Waals surface area contributed by atoms with Gasteiger partial charge in [0.05, 0.1) is 4.47 Å². The molecule has 0 aliphatic carbocycles. The number of rotatable bonds is 1. The van der Waals surface area contributed by atoms with E-state index in [1.807, 2.05) is 0 Å². The van der Waals surface area contributed by atoms with Crippen molar-refractivity contribution < 1.29 is 8.78 Å². The molecule has 0 bridgehead atoms. The van der Waals surface area contributed by atoms with Crippen molar-refractivity contribution in [1.29, 1.82) is 0 Å². The highest BCUT2D eigenvalue weighted by atomic mass is 79.9. The Labute approximate surface area is 96.2 Å². The molecular formula is C9H11BrClF2N. The highest BCUT2D eigenvalue weighted by Gasteiger charge is 2.18. The van der Waals surface area contributed by atoms with Crippen molar-refractivity contribution in [3.63, 3.8) is 0 Å². The average Bonchev–Trinajstić information content (AvgIpc) is 1.97. The van der Waals surface area contributed by atoms with Crippen molar-refractivity contribution in [3.05, 3.63) is 33.8 Å². The first kappa shape index (κ1) is 13.8. The van der Waals surface area contributed by atoms with E-state index in [2.05, 4.69) is 15.9 Å². The molecule has 0 saturated heterocycles. The van der Waals surface area contributed by atoms with Crippen molar-refractivity contribution in [1.82, 2.24) is 0 Å². The van der Waals surface area contributed by atoms with Crippen molar-refractivity contribution in [3.8, 4) is 0 Å². The van der Waals surface area contributed by atoms with Gasteiger partial charge in [0.1, 0.15) is 11.6 Å². The van der Waals surface area contributed by atoms with Gasteiger partial charge >= 0.3 is 0 Å². The quantitative estimate of drug-likeness (QED) is 0.787. The van der Waals surface area contributed by atoms with E-state index in [-0.39, 0.29) is 16.9 Å². The van der Waals surface area contributed by atoms with E-state index in [9.17, 15) is 8.78 Å². The zero-order chi connectivity index (χ0) is 10.2. The molecule has 0 spiro atoms. The van der Waals surface area contributed by atoms with E-state index in [0.717, 1.165) is 0 Å². The second-order valence-electron chi connectivity index (χ2n) is 3.48. The van der Waals surface area contributed by atoms with Gasteiger partial charge < -0.3 is 5.73 Å². The smallest absolute Gasteiger partial charge is 0.140 e. The molecule has 0 aromatic heterocycles. The molecule has 0 amide bonds. The lowest BCUT2D eigenvalue weighted by Gasteiger charge is -2.19. The summed E-state index contributed by atoms with van der Waals surface area (Å²) in [5.41, 5.74) is 5.40. The van der Waals surface area contributed by atoms with Crippen LogP contribution >= 0.6 is 28.3 Å². The number of hydrogen-bond acceptors (Lipinski definition) is 1. The number of halogens is 4. The first-order valence-corrected chi connectivity index (χ1v) is 4.55. The third-order valence-electron chi connectivity index (χ3n) is 1.73. The largest absolute Gasteiger partial charge is 0.322 e. The molecule has 14 heavy (non-hydrogen) atoms. The standard InChI is InChI=1S/C9H10BrF2N.ClH/c1-9(2,13)5-3-6(11)8(10)7(12)4-5;/h3-4H,13H2,1-2H3;1H. The minimum atomic E-state index is -0.734. The fourth-order valence-electron chi connectivity index (χ4n) is 0.928. The van der Waals surface area contributed by atoms with Crippen molar-refractivity contribution in [2.24, 2.45) is 5.73 Å². The molecule has 0 aliphatic heterocycles. The summed E-state index contributed by atoms with van der Waals surface area (Å²) in [7, 11) is 0. The molecule has 0 heterocycles. The van der Waals surface area contributed by atoms with Crippen molar-refractivity contribution in [2.75, 3.05) is 0 Å². The molecule has 2 N–H and O–H groups in total. The van der Waals surface area contributed by atoms with Gasteiger partial charge in [0.2, 0.25) is 0 Å². The average molecular weight is 287 g/mol. The Morgan fingerprint density at radius 1 is 1.21 bits per heavy atom. The van der Waals surface area contributed by atoms with Gasteiger partial charge in [-0.1, -0.05) is 0 Å². The minimum Gasteiger partial charge on any atom is -0.322 e. The van der Waals surface area contributed by atoms with Crippen LogP contribution < -0.4 is 5.73 Å². The maximum absolute atomic E-state index is 13.0. The lowest BCUT2D eigenvalue weighted by Crippen LogP contribution is -2.28. The molecule has 0 fully saturated rings. The van der Waals surface area contributed by atoms with Gasteiger partial charge in [0, 0.05) is 5.54 Å². The molecule has 0 unspecified atom stereocenters. The van der Waals surface area contributed by atoms with Gasteiger partial charge in [0.25, 0.3) is 0 Å². The monoisotopic (exact) mass is 285 g/mol. The zero-order valence-electron chi connectivity index (χ0n) is 7.77. The molecule has 0 aliphatic rings. The van der Waals surface area contributed by atoms with Crippen LogP contribution in [0.3, 0.4) is 0 Å². The van der Waals surface area contributed by atoms with Crippen LogP contribution in [0.25, 0.3) is 0 Å². The maximum atomic E-state index is 13.0. The Morgan fingerprint density at radius 3 is 1.86 bits per heavy atom. The molecule has 0 atom stereocenters. The van der Waals surface area contributed by atoms with Crippen molar-refractivity contribution >= 4 is 28.3 Å². The summed E-state index contributed by atoms with van der Waals surface area (Å²) in [6.07, 6.45) is 0. The van der Waals surface area contributed by atoms with Crippen molar-refractivity contribution in [2.45, 2.75) is 19.4 Å². The van der Waals surface area contributed by atoms with E-state index < -0.39 is 17.2 Å². The van der Waals surface area contributed by atoms with Crippen LogP contribution in [0.5, 0.6) is 0 Å². The first-order chi connectivity index (χ1) is 5.82. The fourth-order valence-corrected chi connectivity index (χ4v) is 1.16. The molecular weight excluding hydrogens is 275 g/mol. The maximum Gasteiger partial charge on any atom is 0.140 e. The lowest BCUT2D eigenvalue weighted by atomic mass is 9.96. The van der Waals surface area contributed by atoms with Crippen LogP contribution in [0.2, 0.25) is 0 Å². The van der Waals surface area contributed by atoms with E-state index in [4.69, 9.17) is 5.73 Å². The topological polar surface area (TPSA) is 26.0 Å². The third-order valence-corrected chi connectivity index (χ3v) is 2.49. The van der Waals surface area contributed by atoms with Gasteiger partial charge in [-0.05, 0) is 47.5 Å². The van der Waals surface area contributed by atoms with Gasteiger partial charge in [-0.25, -0.2) is 8.78 Å². The van der Waals surface area contributed by atoms with Crippen LogP contribution in [0.1, 0.15) is 19.4 Å². The van der Waals surface area contributed by atoms with Crippen LogP contribution in [0.15, 0.2) is 16.6 Å². The summed E-state index contributed by atoms with van der Waals surface area (Å²) < 4.78 is 25.9. The zero-order valence-corrected chi connectivity index (χ0v) is 10.2. The molecule has 1 nitrogen and oxygen atoms in total. The van der Waals surface area contributed by atoms with Gasteiger partial charge in [-0.3, -0.25) is 0 Å². The second-order valence-corrected chi connectivity index (χ2v) is 4.27. The molecule has 1 aromatic carbocycles. The molecule has 0 radical (unpaired) electrons. The van der Waals surface area contributed by atoms with E-state index in [1.54, 1.807) is 13.8 Å². The Kier molecular flexibility index (Phi) is 4.49. The highest BCUT2D eigenvalue weighted by molar-refractivity contribution is 9.10. The van der Waals surface area contributed by atoms with E-state index in [0.29, 0.717) is 5.56 Å². The SMILES string of the molecule is CC(C)(N)c1cc(F)c(Br)c(F)c1.Cl. The second kappa shape index (κ2) is 4.55. The Bertz CT molecular complexity index is 313. The Morgan fingerprint density at radius 2 is 1.57 bits per heavy atom. The predicted molar refractivity (Wildman–Crippen MR) is 58.5 cm³/mol. The summed E-state index contributed by atoms with van der Waals surface area (Å²) in [4.78, 5) is 0. The van der Waals surface area contributed by atoms with Crippen LogP contribution in [-0.4, -0.2) is 0 Å². The molecule has 0 saturated carbocycles. The number of benzene rings is 1. The third kappa shape index (κ3) is 2.90. The van der Waals surface area contributed by atoms with E-state index >= 15 is 0 Å². The van der Waals surface area contributed by atoms with Crippen LogP contribution in [0.4, 0.5) is 8.78 Å². The Balaban J connectivity index is 0.00000169. The molecule has 1 aromatic rings. The first-order valence-electron chi connectivity index (χ1n) is 3.76. The lowest BCUT2D eigenvalue weighted by molar-refractivity contribution is 0.521. The number of nitrogens with two attached hydrogens (primary N) is 1. The predicted octanol–water partition coefficient (Wildman–Crippen LogP) is 3.34. The summed E-state index contributed by atoms with van der Waals surface area (Å²) in [6.45, 7) is 3.38.